The highest BCUT2D eigenvalue weighted by molar-refractivity contribution is 5.76. The lowest BCUT2D eigenvalue weighted by Gasteiger charge is -2.42. The van der Waals surface area contributed by atoms with Crippen LogP contribution in [0.3, 0.4) is 0 Å². The van der Waals surface area contributed by atoms with E-state index in [2.05, 4.69) is 28.8 Å². The summed E-state index contributed by atoms with van der Waals surface area (Å²) in [7, 11) is 2.17. The van der Waals surface area contributed by atoms with Crippen molar-refractivity contribution in [2.75, 3.05) is 46.3 Å². The van der Waals surface area contributed by atoms with Crippen LogP contribution in [-0.4, -0.2) is 82.5 Å². The maximum atomic E-state index is 12.5. The van der Waals surface area contributed by atoms with Crippen molar-refractivity contribution < 1.29 is 4.79 Å². The highest BCUT2D eigenvalue weighted by Gasteiger charge is 2.30. The van der Waals surface area contributed by atoms with E-state index in [1.807, 2.05) is 4.90 Å². The van der Waals surface area contributed by atoms with Crippen LogP contribution in [0.1, 0.15) is 19.8 Å². The van der Waals surface area contributed by atoms with E-state index < -0.39 is 11.2 Å². The van der Waals surface area contributed by atoms with Crippen molar-refractivity contribution in [1.29, 1.82) is 0 Å². The van der Waals surface area contributed by atoms with Crippen LogP contribution < -0.4 is 11.2 Å². The van der Waals surface area contributed by atoms with Crippen molar-refractivity contribution in [1.82, 2.24) is 24.3 Å². The normalized spacial score (nSPS) is 21.7. The first-order chi connectivity index (χ1) is 12.4. The summed E-state index contributed by atoms with van der Waals surface area (Å²) in [6, 6.07) is 1.81. The molecule has 0 saturated carbocycles. The van der Waals surface area contributed by atoms with Gasteiger partial charge in [0.05, 0.1) is 0 Å². The number of H-pyrrole nitrogens is 1. The summed E-state index contributed by atoms with van der Waals surface area (Å²) >= 11 is 0. The Kier molecular flexibility index (Phi) is 5.93. The first-order valence-electron chi connectivity index (χ1n) is 9.44. The Morgan fingerprint density at radius 2 is 1.81 bits per heavy atom. The minimum atomic E-state index is -0.538. The Labute approximate surface area is 153 Å². The van der Waals surface area contributed by atoms with Gasteiger partial charge in [0.25, 0.3) is 5.56 Å². The van der Waals surface area contributed by atoms with Gasteiger partial charge < -0.3 is 9.80 Å². The molecule has 1 amide bonds. The number of likely N-dealkylation sites (tertiary alicyclic amines) is 1. The van der Waals surface area contributed by atoms with Crippen LogP contribution in [0.5, 0.6) is 0 Å². The van der Waals surface area contributed by atoms with Gasteiger partial charge in [-0.3, -0.25) is 24.0 Å². The topological polar surface area (TPSA) is 81.6 Å². The van der Waals surface area contributed by atoms with Crippen LogP contribution in [0.4, 0.5) is 0 Å². The summed E-state index contributed by atoms with van der Waals surface area (Å²) in [5.74, 6) is 0.545. The summed E-state index contributed by atoms with van der Waals surface area (Å²) < 4.78 is 1.25. The van der Waals surface area contributed by atoms with Crippen molar-refractivity contribution in [3.8, 4) is 0 Å². The molecule has 2 aliphatic rings. The molecule has 0 aliphatic carbocycles. The minimum Gasteiger partial charge on any atom is -0.341 e. The first-order valence-corrected chi connectivity index (χ1v) is 9.44. The number of hydrogen-bond donors (Lipinski definition) is 1. The predicted octanol–water partition coefficient (Wildman–Crippen LogP) is -0.589. The van der Waals surface area contributed by atoms with Crippen LogP contribution in [-0.2, 0) is 11.3 Å². The molecular weight excluding hydrogens is 334 g/mol. The van der Waals surface area contributed by atoms with E-state index >= 15 is 0 Å². The van der Waals surface area contributed by atoms with E-state index in [4.69, 9.17) is 0 Å². The maximum absolute atomic E-state index is 12.5. The number of amides is 1. The third kappa shape index (κ3) is 4.42. The van der Waals surface area contributed by atoms with Gasteiger partial charge >= 0.3 is 5.69 Å². The average Bonchev–Trinajstić information content (AvgIpc) is 2.64. The average molecular weight is 363 g/mol. The van der Waals surface area contributed by atoms with Crippen LogP contribution in [0, 0.1) is 5.92 Å². The fraction of sp³-hybridized carbons (Fsp3) is 0.722. The predicted molar refractivity (Wildman–Crippen MR) is 99.2 cm³/mol. The van der Waals surface area contributed by atoms with Gasteiger partial charge in [0, 0.05) is 57.6 Å². The van der Waals surface area contributed by atoms with Crippen LogP contribution in [0.15, 0.2) is 21.9 Å². The molecule has 1 N–H and O–H groups in total. The Bertz CT molecular complexity index is 727. The molecule has 0 aromatic carbocycles. The van der Waals surface area contributed by atoms with E-state index in [1.54, 1.807) is 0 Å². The third-order valence-electron chi connectivity index (χ3n) is 5.89. The second kappa shape index (κ2) is 8.18. The molecule has 0 spiro atoms. The summed E-state index contributed by atoms with van der Waals surface area (Å²) in [6.07, 6.45) is 3.38. The van der Waals surface area contributed by atoms with E-state index in [1.165, 1.54) is 16.8 Å². The van der Waals surface area contributed by atoms with E-state index in [-0.39, 0.29) is 12.5 Å². The van der Waals surface area contributed by atoms with Gasteiger partial charge in [-0.1, -0.05) is 0 Å². The van der Waals surface area contributed by atoms with Crippen LogP contribution in [0.2, 0.25) is 0 Å². The van der Waals surface area contributed by atoms with Gasteiger partial charge in [0.15, 0.2) is 0 Å². The van der Waals surface area contributed by atoms with Gasteiger partial charge in [-0.2, -0.15) is 0 Å². The quantitative estimate of drug-likeness (QED) is 0.773. The first kappa shape index (κ1) is 18.8. The largest absolute Gasteiger partial charge is 0.341 e. The Morgan fingerprint density at radius 1 is 1.15 bits per heavy atom. The lowest BCUT2D eigenvalue weighted by Crippen LogP contribution is -2.52. The van der Waals surface area contributed by atoms with Gasteiger partial charge in [-0.15, -0.1) is 0 Å². The second-order valence-corrected chi connectivity index (χ2v) is 7.54. The molecule has 8 heteroatoms. The zero-order valence-corrected chi connectivity index (χ0v) is 15.7. The summed E-state index contributed by atoms with van der Waals surface area (Å²) in [5, 5.41) is 0. The maximum Gasteiger partial charge on any atom is 0.328 e. The monoisotopic (exact) mass is 363 g/mol. The van der Waals surface area contributed by atoms with Gasteiger partial charge in [-0.05, 0) is 32.7 Å². The highest BCUT2D eigenvalue weighted by Crippen LogP contribution is 2.25. The Balaban J connectivity index is 1.50. The molecular formula is C18H29N5O3. The molecule has 1 aromatic rings. The number of aromatic nitrogens is 2. The fourth-order valence-corrected chi connectivity index (χ4v) is 3.97. The summed E-state index contributed by atoms with van der Waals surface area (Å²) in [5.41, 5.74) is -0.984. The third-order valence-corrected chi connectivity index (χ3v) is 5.89. The Morgan fingerprint density at radius 3 is 2.42 bits per heavy atom. The molecule has 0 radical (unpaired) electrons. The number of hydrogen-bond acceptors (Lipinski definition) is 5. The highest BCUT2D eigenvalue weighted by atomic mass is 16.2. The summed E-state index contributed by atoms with van der Waals surface area (Å²) in [4.78, 5) is 44.3. The molecule has 8 nitrogen and oxygen atoms in total. The molecule has 1 atom stereocenters. The number of piperidine rings is 1. The number of nitrogens with one attached hydrogen (secondary N) is 1. The van der Waals surface area contributed by atoms with Gasteiger partial charge in [-0.25, -0.2) is 4.79 Å². The fourth-order valence-electron chi connectivity index (χ4n) is 3.97. The molecule has 26 heavy (non-hydrogen) atoms. The molecule has 0 bridgehead atoms. The SMILES string of the molecule is C[C@@H](C1CCN(C(=O)Cn2ccc(=O)[nH]c2=O)CC1)N1CCN(C)CC1. The zero-order valence-electron chi connectivity index (χ0n) is 15.7. The minimum absolute atomic E-state index is 0.0196. The molecule has 0 unspecified atom stereocenters. The molecule has 1 aromatic heterocycles. The lowest BCUT2D eigenvalue weighted by molar-refractivity contribution is -0.133. The lowest BCUT2D eigenvalue weighted by atomic mass is 9.89. The van der Waals surface area contributed by atoms with Gasteiger partial charge in [0.2, 0.25) is 5.91 Å². The zero-order chi connectivity index (χ0) is 18.7. The number of carbonyl (C=O) groups excluding carboxylic acids is 1. The smallest absolute Gasteiger partial charge is 0.328 e. The molecule has 3 heterocycles. The van der Waals surface area contributed by atoms with Crippen LogP contribution >= 0.6 is 0 Å². The van der Waals surface area contributed by atoms with Crippen molar-refractivity contribution in [2.45, 2.75) is 32.4 Å². The molecule has 2 saturated heterocycles. The standard InChI is InChI=1S/C18H29N5O3/c1-14(21-11-9-20(2)10-12-21)15-3-6-22(7-4-15)17(25)13-23-8-5-16(24)19-18(23)26/h5,8,14-15H,3-4,6-7,9-13H2,1-2H3,(H,19,24,26)/t14-/m0/s1. The number of piperazine rings is 1. The van der Waals surface area contributed by atoms with Crippen molar-refractivity contribution >= 4 is 5.91 Å². The van der Waals surface area contributed by atoms with Crippen LogP contribution in [0.25, 0.3) is 0 Å². The van der Waals surface area contributed by atoms with Crippen molar-refractivity contribution in [2.24, 2.45) is 5.92 Å². The summed E-state index contributed by atoms with van der Waals surface area (Å²) in [6.45, 7) is 8.24. The Hall–Kier alpha value is -1.93. The van der Waals surface area contributed by atoms with Crippen molar-refractivity contribution in [3.63, 3.8) is 0 Å². The molecule has 144 valence electrons. The number of likely N-dealkylation sites (N-methyl/N-ethyl adjacent to an activating group) is 1. The van der Waals surface area contributed by atoms with E-state index in [0.29, 0.717) is 12.0 Å². The number of aromatic amines is 1. The molecule has 2 fully saturated rings. The number of nitrogens with zero attached hydrogens (tertiary/aromatic N) is 4. The molecule has 3 rings (SSSR count). The number of carbonyl (C=O) groups is 1. The van der Waals surface area contributed by atoms with Gasteiger partial charge in [0.1, 0.15) is 6.54 Å². The van der Waals surface area contributed by atoms with Crippen molar-refractivity contribution in [3.05, 3.63) is 33.1 Å². The van der Waals surface area contributed by atoms with E-state index in [9.17, 15) is 14.4 Å². The molecule has 2 aliphatic heterocycles. The van der Waals surface area contributed by atoms with E-state index in [0.717, 1.165) is 52.1 Å². The second-order valence-electron chi connectivity index (χ2n) is 7.54. The number of rotatable bonds is 4.